The first kappa shape index (κ1) is 22.0. The summed E-state index contributed by atoms with van der Waals surface area (Å²) in [6.07, 6.45) is 3.52. The highest BCUT2D eigenvalue weighted by molar-refractivity contribution is 5.73. The summed E-state index contributed by atoms with van der Waals surface area (Å²) in [4.78, 5) is 2.64. The number of ether oxygens (including phenoxy) is 2. The third-order valence-electron chi connectivity index (χ3n) is 7.62. The molecule has 3 aromatic carbocycles. The summed E-state index contributed by atoms with van der Waals surface area (Å²) in [5, 5.41) is 4.06. The van der Waals surface area contributed by atoms with Gasteiger partial charge in [0.05, 0.1) is 14.2 Å². The molecule has 33 heavy (non-hydrogen) atoms. The van der Waals surface area contributed by atoms with E-state index in [0.29, 0.717) is 5.92 Å². The predicted octanol–water partition coefficient (Wildman–Crippen LogP) is 5.17. The first-order valence-electron chi connectivity index (χ1n) is 12.0. The summed E-state index contributed by atoms with van der Waals surface area (Å²) in [6.45, 7) is 4.34. The Bertz CT molecular complexity index is 1090. The third-order valence-corrected chi connectivity index (χ3v) is 7.62. The van der Waals surface area contributed by atoms with Crippen molar-refractivity contribution in [2.24, 2.45) is 5.92 Å². The highest BCUT2D eigenvalue weighted by atomic mass is 16.5. The average Bonchev–Trinajstić information content (AvgIpc) is 2.88. The number of hydrogen-bond donors (Lipinski definition) is 1. The molecule has 3 aliphatic rings. The van der Waals surface area contributed by atoms with Crippen LogP contribution in [0.1, 0.15) is 24.0 Å². The molecule has 4 nitrogen and oxygen atoms in total. The summed E-state index contributed by atoms with van der Waals surface area (Å²) >= 11 is 0. The molecule has 3 fully saturated rings. The maximum absolute atomic E-state index is 5.71. The second-order valence-corrected chi connectivity index (χ2v) is 9.41. The van der Waals surface area contributed by atoms with Gasteiger partial charge in [-0.1, -0.05) is 60.7 Å². The molecular formula is C29H34N2O2. The Morgan fingerprint density at radius 1 is 0.788 bits per heavy atom. The van der Waals surface area contributed by atoms with Crippen LogP contribution in [-0.2, 0) is 13.0 Å². The fourth-order valence-corrected chi connectivity index (χ4v) is 5.90. The molecular weight excluding hydrogens is 408 g/mol. The highest BCUT2D eigenvalue weighted by Gasteiger charge is 2.46. The van der Waals surface area contributed by atoms with Gasteiger partial charge in [0.1, 0.15) is 11.5 Å². The molecule has 4 heteroatoms. The molecule has 6 rings (SSSR count). The minimum absolute atomic E-state index is 0.0372. The van der Waals surface area contributed by atoms with Gasteiger partial charge >= 0.3 is 0 Å². The molecule has 2 bridgehead atoms. The van der Waals surface area contributed by atoms with E-state index in [4.69, 9.17) is 9.47 Å². The molecule has 1 atom stereocenters. The first-order valence-corrected chi connectivity index (χ1v) is 12.0. The normalized spacial score (nSPS) is 23.9. The van der Waals surface area contributed by atoms with Gasteiger partial charge in [-0.2, -0.15) is 0 Å². The van der Waals surface area contributed by atoms with Crippen LogP contribution in [0.5, 0.6) is 11.5 Å². The maximum Gasteiger partial charge on any atom is 0.126 e. The smallest absolute Gasteiger partial charge is 0.126 e. The number of fused-ring (bicyclic) bond motifs is 3. The van der Waals surface area contributed by atoms with Crippen molar-refractivity contribution in [3.05, 3.63) is 83.9 Å². The molecule has 1 N–H and O–H groups in total. The number of piperidine rings is 3. The van der Waals surface area contributed by atoms with E-state index in [2.05, 4.69) is 70.9 Å². The van der Waals surface area contributed by atoms with Crippen molar-refractivity contribution in [2.45, 2.75) is 31.3 Å². The largest absolute Gasteiger partial charge is 0.496 e. The number of methoxy groups -OCH3 is 2. The Labute approximate surface area is 197 Å². The summed E-state index contributed by atoms with van der Waals surface area (Å²) in [5.41, 5.74) is 5.06. The Balaban J connectivity index is 1.49. The lowest BCUT2D eigenvalue weighted by Gasteiger charge is -2.54. The van der Waals surface area contributed by atoms with Crippen LogP contribution in [0, 0.1) is 5.92 Å². The number of rotatable bonds is 8. The Morgan fingerprint density at radius 3 is 2.06 bits per heavy atom. The van der Waals surface area contributed by atoms with Gasteiger partial charge in [0.2, 0.25) is 0 Å². The highest BCUT2D eigenvalue weighted by Crippen LogP contribution is 2.41. The van der Waals surface area contributed by atoms with Crippen LogP contribution in [0.2, 0.25) is 0 Å². The second kappa shape index (κ2) is 9.58. The molecule has 0 saturated carbocycles. The van der Waals surface area contributed by atoms with E-state index in [0.717, 1.165) is 36.6 Å². The zero-order valence-corrected chi connectivity index (χ0v) is 19.7. The molecule has 0 amide bonds. The lowest BCUT2D eigenvalue weighted by molar-refractivity contribution is 0.00490. The van der Waals surface area contributed by atoms with Crippen LogP contribution in [0.4, 0.5) is 0 Å². The third kappa shape index (κ3) is 4.38. The van der Waals surface area contributed by atoms with Crippen molar-refractivity contribution in [3.63, 3.8) is 0 Å². The summed E-state index contributed by atoms with van der Waals surface area (Å²) < 4.78 is 11.3. The fraction of sp³-hybridized carbons (Fsp3) is 0.379. The number of benzene rings is 3. The van der Waals surface area contributed by atoms with Crippen molar-refractivity contribution in [2.75, 3.05) is 33.9 Å². The Morgan fingerprint density at radius 2 is 1.39 bits per heavy atom. The van der Waals surface area contributed by atoms with Crippen LogP contribution in [0.3, 0.4) is 0 Å². The van der Waals surface area contributed by atoms with Gasteiger partial charge in [-0.05, 0) is 61.5 Å². The summed E-state index contributed by atoms with van der Waals surface area (Å²) in [5.74, 6) is 2.55. The molecule has 0 aromatic heterocycles. The molecule has 3 aliphatic heterocycles. The molecule has 1 unspecified atom stereocenters. The monoisotopic (exact) mass is 442 g/mol. The van der Waals surface area contributed by atoms with Crippen LogP contribution >= 0.6 is 0 Å². The number of hydrogen-bond acceptors (Lipinski definition) is 4. The second-order valence-electron chi connectivity index (χ2n) is 9.41. The number of para-hydroxylation sites is 2. The molecule has 3 heterocycles. The Hall–Kier alpha value is -2.82. The topological polar surface area (TPSA) is 33.7 Å². The van der Waals surface area contributed by atoms with E-state index < -0.39 is 0 Å². The molecule has 3 saturated heterocycles. The van der Waals surface area contributed by atoms with Gasteiger partial charge < -0.3 is 19.7 Å². The minimum atomic E-state index is 0.0372. The van der Waals surface area contributed by atoms with Crippen molar-refractivity contribution >= 4 is 0 Å². The van der Waals surface area contributed by atoms with Crippen LogP contribution in [-0.4, -0.2) is 44.3 Å². The maximum atomic E-state index is 5.71. The van der Waals surface area contributed by atoms with Gasteiger partial charge in [0, 0.05) is 29.8 Å². The van der Waals surface area contributed by atoms with Gasteiger partial charge in [-0.3, -0.25) is 0 Å². The number of nitrogens with zero attached hydrogens (tertiary/aromatic N) is 1. The molecule has 0 spiro atoms. The van der Waals surface area contributed by atoms with Gasteiger partial charge in [0.25, 0.3) is 0 Å². The van der Waals surface area contributed by atoms with Crippen molar-refractivity contribution in [1.82, 2.24) is 10.2 Å². The SMILES string of the molecule is COc1ccccc1CNC1(Cc2ccccc2-c2ccccc2OC)CN2CCC1CC2. The van der Waals surface area contributed by atoms with E-state index in [1.54, 1.807) is 14.2 Å². The van der Waals surface area contributed by atoms with E-state index in [1.165, 1.54) is 42.6 Å². The number of nitrogens with one attached hydrogen (secondary N) is 1. The Kier molecular flexibility index (Phi) is 6.39. The predicted molar refractivity (Wildman–Crippen MR) is 134 cm³/mol. The van der Waals surface area contributed by atoms with E-state index in [-0.39, 0.29) is 5.54 Å². The van der Waals surface area contributed by atoms with Crippen LogP contribution in [0.15, 0.2) is 72.8 Å². The van der Waals surface area contributed by atoms with Crippen LogP contribution < -0.4 is 14.8 Å². The average molecular weight is 443 g/mol. The molecule has 172 valence electrons. The quantitative estimate of drug-likeness (QED) is 0.522. The summed E-state index contributed by atoms with van der Waals surface area (Å²) in [6, 6.07) is 25.6. The van der Waals surface area contributed by atoms with Crippen molar-refractivity contribution in [1.29, 1.82) is 0 Å². The molecule has 3 aromatic rings. The standard InChI is InChI=1S/C29H34N2O2/c1-32-27-13-7-4-10-23(27)20-30-29(21-31-17-15-24(29)16-18-31)19-22-9-3-5-11-25(22)26-12-6-8-14-28(26)33-2/h3-14,24,30H,15-21H2,1-2H3. The van der Waals surface area contributed by atoms with Crippen LogP contribution in [0.25, 0.3) is 11.1 Å². The molecule has 0 aliphatic carbocycles. The van der Waals surface area contributed by atoms with E-state index in [9.17, 15) is 0 Å². The fourth-order valence-electron chi connectivity index (χ4n) is 5.90. The van der Waals surface area contributed by atoms with Crippen molar-refractivity contribution in [3.8, 4) is 22.6 Å². The minimum Gasteiger partial charge on any atom is -0.496 e. The van der Waals surface area contributed by atoms with Gasteiger partial charge in [0.15, 0.2) is 0 Å². The lowest BCUT2D eigenvalue weighted by Crippen LogP contribution is -2.66. The van der Waals surface area contributed by atoms with Gasteiger partial charge in [-0.25, -0.2) is 0 Å². The van der Waals surface area contributed by atoms with Crippen molar-refractivity contribution < 1.29 is 9.47 Å². The molecule has 0 radical (unpaired) electrons. The van der Waals surface area contributed by atoms with E-state index >= 15 is 0 Å². The van der Waals surface area contributed by atoms with E-state index in [1.807, 2.05) is 12.1 Å². The van der Waals surface area contributed by atoms with Gasteiger partial charge in [-0.15, -0.1) is 0 Å². The zero-order chi connectivity index (χ0) is 22.7. The first-order chi connectivity index (χ1) is 16.2. The summed E-state index contributed by atoms with van der Waals surface area (Å²) in [7, 11) is 3.51. The lowest BCUT2D eigenvalue weighted by atomic mass is 9.69. The zero-order valence-electron chi connectivity index (χ0n) is 19.7.